The first kappa shape index (κ1) is 54.6. The van der Waals surface area contributed by atoms with Crippen molar-refractivity contribution in [3.8, 4) is 0 Å². The van der Waals surface area contributed by atoms with E-state index in [4.69, 9.17) is 14.2 Å². The SMILES string of the molecule is CC/C=C\C/C=C\C/C=C\CCCCCCCC(=O)OCC(COCCCCCC/C=C\C/C=C\C/C=C\CC)OC(=O)CCCCC/C=C\C/C=C\C/C=C\CC. The van der Waals surface area contributed by atoms with E-state index in [1.54, 1.807) is 0 Å². The summed E-state index contributed by atoms with van der Waals surface area (Å²) in [5, 5.41) is 0. The number of carbonyl (C=O) groups excluding carboxylic acids is 2. The van der Waals surface area contributed by atoms with Gasteiger partial charge in [-0.3, -0.25) is 9.59 Å². The highest BCUT2D eigenvalue weighted by Gasteiger charge is 2.17. The molecule has 0 aliphatic carbocycles. The number of allylic oxidation sites excluding steroid dienone is 18. The van der Waals surface area contributed by atoms with Crippen LogP contribution in [0, 0.1) is 0 Å². The first-order chi connectivity index (χ1) is 28.6. The van der Waals surface area contributed by atoms with Crippen molar-refractivity contribution in [3.63, 3.8) is 0 Å². The zero-order valence-corrected chi connectivity index (χ0v) is 37.5. The average molecular weight is 803 g/mol. The second kappa shape index (κ2) is 47.9. The van der Waals surface area contributed by atoms with Crippen LogP contribution >= 0.6 is 0 Å². The first-order valence-corrected chi connectivity index (χ1v) is 23.4. The van der Waals surface area contributed by atoms with Crippen molar-refractivity contribution in [1.82, 2.24) is 0 Å². The Labute approximate surface area is 357 Å². The number of esters is 2. The molecule has 0 aromatic rings. The molecule has 328 valence electrons. The third-order valence-corrected chi connectivity index (χ3v) is 9.29. The molecule has 0 aliphatic rings. The van der Waals surface area contributed by atoms with E-state index < -0.39 is 6.10 Å². The lowest BCUT2D eigenvalue weighted by Crippen LogP contribution is -2.30. The topological polar surface area (TPSA) is 61.8 Å². The van der Waals surface area contributed by atoms with E-state index in [9.17, 15) is 9.59 Å². The molecule has 0 saturated heterocycles. The second-order valence-electron chi connectivity index (χ2n) is 14.9. The zero-order valence-electron chi connectivity index (χ0n) is 37.5. The Morgan fingerprint density at radius 3 is 1.17 bits per heavy atom. The van der Waals surface area contributed by atoms with Gasteiger partial charge in [0, 0.05) is 19.4 Å². The maximum absolute atomic E-state index is 12.7. The normalized spacial score (nSPS) is 13.2. The van der Waals surface area contributed by atoms with Crippen LogP contribution in [0.4, 0.5) is 0 Å². The summed E-state index contributed by atoms with van der Waals surface area (Å²) in [6.07, 6.45) is 65.2. The van der Waals surface area contributed by atoms with Gasteiger partial charge in [-0.2, -0.15) is 0 Å². The van der Waals surface area contributed by atoms with Gasteiger partial charge in [0.1, 0.15) is 6.61 Å². The number of ether oxygens (including phenoxy) is 3. The minimum atomic E-state index is -0.576. The monoisotopic (exact) mass is 803 g/mol. The molecule has 0 heterocycles. The van der Waals surface area contributed by atoms with E-state index in [0.717, 1.165) is 135 Å². The van der Waals surface area contributed by atoms with E-state index in [1.165, 1.54) is 19.3 Å². The van der Waals surface area contributed by atoms with Crippen molar-refractivity contribution in [1.29, 1.82) is 0 Å². The highest BCUT2D eigenvalue weighted by molar-refractivity contribution is 5.70. The fraction of sp³-hybridized carbons (Fsp3) is 0.623. The van der Waals surface area contributed by atoms with Gasteiger partial charge in [-0.05, 0) is 116 Å². The van der Waals surface area contributed by atoms with Crippen LogP contribution in [0.25, 0.3) is 0 Å². The van der Waals surface area contributed by atoms with E-state index in [-0.39, 0.29) is 25.2 Å². The van der Waals surface area contributed by atoms with Crippen LogP contribution in [0.5, 0.6) is 0 Å². The molecule has 0 radical (unpaired) electrons. The standard InChI is InChI=1S/C53H86O5/c1-4-7-10-13-16-19-22-25-27-29-31-34-37-40-43-46-52(54)57-50-51(49-56-48-45-42-39-36-33-30-26-23-20-17-14-11-8-5-2)58-53(55)47-44-41-38-35-32-28-24-21-18-15-12-9-6-3/h7-12,16-21,25-28,30,32,51H,4-6,13-15,22-24,29,31,33-50H2,1-3H3/b10-7-,11-8-,12-9-,19-16-,20-17-,21-18-,27-25-,30-26-,32-28-. The van der Waals surface area contributed by atoms with E-state index in [2.05, 4.69) is 130 Å². The molecule has 1 atom stereocenters. The van der Waals surface area contributed by atoms with Crippen LogP contribution in [0.1, 0.15) is 188 Å². The lowest BCUT2D eigenvalue weighted by Gasteiger charge is -2.18. The predicted octanol–water partition coefficient (Wildman–Crippen LogP) is 15.7. The summed E-state index contributed by atoms with van der Waals surface area (Å²) in [6, 6.07) is 0. The molecule has 58 heavy (non-hydrogen) atoms. The van der Waals surface area contributed by atoms with Gasteiger partial charge in [-0.1, -0.05) is 169 Å². The van der Waals surface area contributed by atoms with Crippen LogP contribution < -0.4 is 0 Å². The molecule has 0 rings (SSSR count). The number of carbonyl (C=O) groups is 2. The summed E-state index contributed by atoms with van der Waals surface area (Å²) in [7, 11) is 0. The fourth-order valence-electron chi connectivity index (χ4n) is 5.90. The lowest BCUT2D eigenvalue weighted by molar-refractivity contribution is -0.163. The molecular formula is C53H86O5. The average Bonchev–Trinajstić information content (AvgIpc) is 3.22. The molecular weight excluding hydrogens is 717 g/mol. The van der Waals surface area contributed by atoms with E-state index in [1.807, 2.05) is 0 Å². The van der Waals surface area contributed by atoms with Crippen LogP contribution in [0.3, 0.4) is 0 Å². The Bertz CT molecular complexity index is 1180. The van der Waals surface area contributed by atoms with Gasteiger partial charge in [-0.25, -0.2) is 0 Å². The van der Waals surface area contributed by atoms with Gasteiger partial charge in [0.2, 0.25) is 0 Å². The summed E-state index contributed by atoms with van der Waals surface area (Å²) >= 11 is 0. The Morgan fingerprint density at radius 1 is 0.379 bits per heavy atom. The molecule has 0 bridgehead atoms. The Balaban J connectivity index is 4.40. The number of hydrogen-bond donors (Lipinski definition) is 0. The molecule has 0 aliphatic heterocycles. The molecule has 1 unspecified atom stereocenters. The molecule has 0 saturated carbocycles. The summed E-state index contributed by atoms with van der Waals surface area (Å²) in [5.74, 6) is -0.473. The first-order valence-electron chi connectivity index (χ1n) is 23.4. The van der Waals surface area contributed by atoms with Crippen molar-refractivity contribution < 1.29 is 23.8 Å². The van der Waals surface area contributed by atoms with Crippen LogP contribution in [0.15, 0.2) is 109 Å². The molecule has 0 spiro atoms. The van der Waals surface area contributed by atoms with Crippen molar-refractivity contribution in [2.24, 2.45) is 0 Å². The second-order valence-corrected chi connectivity index (χ2v) is 14.9. The molecule has 0 N–H and O–H groups in total. The van der Waals surface area contributed by atoms with Gasteiger partial charge in [0.15, 0.2) is 6.10 Å². The number of hydrogen-bond acceptors (Lipinski definition) is 5. The minimum Gasteiger partial charge on any atom is -0.462 e. The van der Waals surface area contributed by atoms with Crippen molar-refractivity contribution in [2.45, 2.75) is 194 Å². The third-order valence-electron chi connectivity index (χ3n) is 9.29. The third kappa shape index (κ3) is 45.3. The van der Waals surface area contributed by atoms with Gasteiger partial charge in [0.05, 0.1) is 6.61 Å². The predicted molar refractivity (Wildman–Crippen MR) is 251 cm³/mol. The minimum absolute atomic E-state index is 0.0482. The molecule has 0 aromatic heterocycles. The van der Waals surface area contributed by atoms with Gasteiger partial charge >= 0.3 is 11.9 Å². The molecule has 5 heteroatoms. The van der Waals surface area contributed by atoms with Crippen molar-refractivity contribution >= 4 is 11.9 Å². The molecule has 0 aromatic carbocycles. The number of rotatable bonds is 41. The van der Waals surface area contributed by atoms with Crippen LogP contribution in [-0.4, -0.2) is 37.9 Å². The largest absolute Gasteiger partial charge is 0.462 e. The summed E-state index contributed by atoms with van der Waals surface area (Å²) in [5.41, 5.74) is 0. The Hall–Kier alpha value is -3.44. The van der Waals surface area contributed by atoms with Gasteiger partial charge < -0.3 is 14.2 Å². The molecule has 5 nitrogen and oxygen atoms in total. The summed E-state index contributed by atoms with van der Waals surface area (Å²) < 4.78 is 17.3. The zero-order chi connectivity index (χ0) is 42.1. The Kier molecular flexibility index (Phi) is 45.1. The quantitative estimate of drug-likeness (QED) is 0.0350. The van der Waals surface area contributed by atoms with E-state index >= 15 is 0 Å². The van der Waals surface area contributed by atoms with Gasteiger partial charge in [-0.15, -0.1) is 0 Å². The summed E-state index contributed by atoms with van der Waals surface area (Å²) in [6.45, 7) is 7.37. The maximum Gasteiger partial charge on any atom is 0.306 e. The highest BCUT2D eigenvalue weighted by atomic mass is 16.6. The van der Waals surface area contributed by atoms with Crippen molar-refractivity contribution in [2.75, 3.05) is 19.8 Å². The Morgan fingerprint density at radius 2 is 0.724 bits per heavy atom. The molecule has 0 amide bonds. The lowest BCUT2D eigenvalue weighted by atomic mass is 10.1. The van der Waals surface area contributed by atoms with E-state index in [0.29, 0.717) is 19.4 Å². The molecule has 0 fully saturated rings. The maximum atomic E-state index is 12.7. The highest BCUT2D eigenvalue weighted by Crippen LogP contribution is 2.11. The van der Waals surface area contributed by atoms with Crippen LogP contribution in [-0.2, 0) is 23.8 Å². The number of unbranched alkanes of at least 4 members (excludes halogenated alkanes) is 12. The summed E-state index contributed by atoms with van der Waals surface area (Å²) in [4.78, 5) is 25.3. The smallest absolute Gasteiger partial charge is 0.306 e. The van der Waals surface area contributed by atoms with Crippen LogP contribution in [0.2, 0.25) is 0 Å². The van der Waals surface area contributed by atoms with Gasteiger partial charge in [0.25, 0.3) is 0 Å². The van der Waals surface area contributed by atoms with Crippen molar-refractivity contribution in [3.05, 3.63) is 109 Å². The fourth-order valence-corrected chi connectivity index (χ4v) is 5.90.